The molecule has 0 saturated carbocycles. The van der Waals surface area contributed by atoms with E-state index in [1.54, 1.807) is 25.4 Å². The number of nitrogens with zero attached hydrogens (tertiary/aromatic N) is 3. The number of nitrogens with one attached hydrogen (secondary N) is 2. The molecule has 3 aromatic rings. The minimum atomic E-state index is 0.0636. The van der Waals surface area contributed by atoms with Crippen LogP contribution in [0.1, 0.15) is 18.5 Å². The number of ether oxygens (including phenoxy) is 1. The van der Waals surface area contributed by atoms with Crippen molar-refractivity contribution in [3.05, 3.63) is 65.3 Å². The minimum absolute atomic E-state index is 0.0636. The lowest BCUT2D eigenvalue weighted by Crippen LogP contribution is -2.10. The molecule has 1 heterocycles. The summed E-state index contributed by atoms with van der Waals surface area (Å²) in [5.41, 5.74) is 1.93. The van der Waals surface area contributed by atoms with Crippen LogP contribution in [0.15, 0.2) is 54.7 Å². The Bertz CT molecular complexity index is 844. The van der Waals surface area contributed by atoms with Gasteiger partial charge in [0.25, 0.3) is 0 Å². The van der Waals surface area contributed by atoms with Crippen molar-refractivity contribution in [1.82, 2.24) is 15.2 Å². The molecule has 1 aromatic heterocycles. The molecule has 1 unspecified atom stereocenters. The van der Waals surface area contributed by atoms with Crippen LogP contribution in [0.3, 0.4) is 0 Å². The van der Waals surface area contributed by atoms with Crippen LogP contribution in [-0.2, 0) is 0 Å². The van der Waals surface area contributed by atoms with Crippen LogP contribution in [0, 0.1) is 0 Å². The molecular formula is C18H18ClN5O. The smallest absolute Gasteiger partial charge is 0.245 e. The van der Waals surface area contributed by atoms with Gasteiger partial charge in [0.05, 0.1) is 24.4 Å². The van der Waals surface area contributed by atoms with E-state index in [-0.39, 0.29) is 6.04 Å². The Balaban J connectivity index is 1.72. The maximum Gasteiger partial charge on any atom is 0.245 e. The summed E-state index contributed by atoms with van der Waals surface area (Å²) in [6.07, 6.45) is 1.55. The number of rotatable bonds is 6. The fraction of sp³-hybridized carbons (Fsp3) is 0.167. The Morgan fingerprint density at radius 2 is 1.92 bits per heavy atom. The van der Waals surface area contributed by atoms with Crippen LogP contribution in [0.5, 0.6) is 5.75 Å². The summed E-state index contributed by atoms with van der Waals surface area (Å²) >= 11 is 6.14. The third kappa shape index (κ3) is 4.36. The first-order valence-electron chi connectivity index (χ1n) is 7.77. The van der Waals surface area contributed by atoms with Crippen molar-refractivity contribution >= 4 is 29.1 Å². The first kappa shape index (κ1) is 17.0. The number of aromatic nitrogens is 3. The van der Waals surface area contributed by atoms with Gasteiger partial charge in [-0.3, -0.25) is 0 Å². The molecule has 0 radical (unpaired) electrons. The summed E-state index contributed by atoms with van der Waals surface area (Å²) in [5, 5.41) is 14.9. The van der Waals surface area contributed by atoms with Crippen LogP contribution in [0.4, 0.5) is 17.5 Å². The SMILES string of the molecule is COc1ccc(Nc2cnnc(NC(C)c3ccccc3)n2)cc1Cl. The number of hydrogen-bond donors (Lipinski definition) is 2. The zero-order chi connectivity index (χ0) is 17.6. The minimum Gasteiger partial charge on any atom is -0.495 e. The molecule has 3 rings (SSSR count). The van der Waals surface area contributed by atoms with Crippen LogP contribution < -0.4 is 15.4 Å². The quantitative estimate of drug-likeness (QED) is 0.680. The molecule has 6 nitrogen and oxygen atoms in total. The van der Waals surface area contributed by atoms with Gasteiger partial charge in [0, 0.05) is 5.69 Å². The Morgan fingerprint density at radius 1 is 1.12 bits per heavy atom. The molecule has 0 bridgehead atoms. The molecular weight excluding hydrogens is 338 g/mol. The second kappa shape index (κ2) is 7.81. The molecule has 0 saturated heterocycles. The van der Waals surface area contributed by atoms with Crippen molar-refractivity contribution in [3.63, 3.8) is 0 Å². The van der Waals surface area contributed by atoms with Gasteiger partial charge in [-0.2, -0.15) is 10.1 Å². The van der Waals surface area contributed by atoms with Gasteiger partial charge in [0.2, 0.25) is 5.95 Å². The van der Waals surface area contributed by atoms with Crippen molar-refractivity contribution in [2.24, 2.45) is 0 Å². The molecule has 2 aromatic carbocycles. The van der Waals surface area contributed by atoms with Crippen LogP contribution in [-0.4, -0.2) is 22.3 Å². The molecule has 25 heavy (non-hydrogen) atoms. The number of methoxy groups -OCH3 is 1. The lowest BCUT2D eigenvalue weighted by molar-refractivity contribution is 0.415. The highest BCUT2D eigenvalue weighted by molar-refractivity contribution is 6.32. The van der Waals surface area contributed by atoms with E-state index < -0.39 is 0 Å². The van der Waals surface area contributed by atoms with Gasteiger partial charge < -0.3 is 15.4 Å². The highest BCUT2D eigenvalue weighted by Gasteiger charge is 2.08. The zero-order valence-corrected chi connectivity index (χ0v) is 14.7. The number of anilines is 3. The number of halogens is 1. The van der Waals surface area contributed by atoms with Gasteiger partial charge in [0.15, 0.2) is 5.82 Å². The third-order valence-electron chi connectivity index (χ3n) is 3.63. The fourth-order valence-corrected chi connectivity index (χ4v) is 2.59. The second-order valence-corrected chi connectivity index (χ2v) is 5.82. The van der Waals surface area contributed by atoms with Crippen LogP contribution in [0.25, 0.3) is 0 Å². The van der Waals surface area contributed by atoms with Crippen molar-refractivity contribution in [2.45, 2.75) is 13.0 Å². The molecule has 128 valence electrons. The molecule has 0 aliphatic heterocycles. The maximum atomic E-state index is 6.14. The first-order valence-corrected chi connectivity index (χ1v) is 8.15. The van der Waals surface area contributed by atoms with E-state index in [2.05, 4.69) is 25.8 Å². The van der Waals surface area contributed by atoms with Crippen molar-refractivity contribution in [3.8, 4) is 5.75 Å². The Hall–Kier alpha value is -2.86. The summed E-state index contributed by atoms with van der Waals surface area (Å²) in [6, 6.07) is 15.5. The van der Waals surface area contributed by atoms with Gasteiger partial charge in [-0.1, -0.05) is 41.9 Å². The first-order chi connectivity index (χ1) is 12.2. The fourth-order valence-electron chi connectivity index (χ4n) is 2.34. The van der Waals surface area contributed by atoms with E-state index in [1.807, 2.05) is 43.3 Å². The predicted octanol–water partition coefficient (Wildman–Crippen LogP) is 4.45. The normalized spacial score (nSPS) is 11.6. The standard InChI is InChI=1S/C18H18ClN5O/c1-12(13-6-4-3-5-7-13)21-18-23-17(11-20-24-18)22-14-8-9-16(25-2)15(19)10-14/h3-12H,1-2H3,(H2,21,22,23,24). The van der Waals surface area contributed by atoms with Crippen molar-refractivity contribution < 1.29 is 4.74 Å². The van der Waals surface area contributed by atoms with Crippen molar-refractivity contribution in [1.29, 1.82) is 0 Å². The lowest BCUT2D eigenvalue weighted by atomic mass is 10.1. The molecule has 0 aliphatic carbocycles. The Morgan fingerprint density at radius 3 is 2.64 bits per heavy atom. The molecule has 0 amide bonds. The summed E-state index contributed by atoms with van der Waals surface area (Å²) < 4.78 is 5.15. The monoisotopic (exact) mass is 355 g/mol. The summed E-state index contributed by atoms with van der Waals surface area (Å²) in [5.74, 6) is 1.63. The van der Waals surface area contributed by atoms with Gasteiger partial charge in [-0.25, -0.2) is 0 Å². The molecule has 1 atom stereocenters. The molecule has 7 heteroatoms. The average Bonchev–Trinajstić information content (AvgIpc) is 2.63. The van der Waals surface area contributed by atoms with Gasteiger partial charge in [-0.15, -0.1) is 5.10 Å². The molecule has 0 aliphatic rings. The Labute approximate surface area is 151 Å². The summed E-state index contributed by atoms with van der Waals surface area (Å²) in [6.45, 7) is 2.04. The topological polar surface area (TPSA) is 72.0 Å². The van der Waals surface area contributed by atoms with E-state index in [4.69, 9.17) is 16.3 Å². The van der Waals surface area contributed by atoms with E-state index >= 15 is 0 Å². The Kier molecular flexibility index (Phi) is 5.30. The number of hydrogen-bond acceptors (Lipinski definition) is 6. The van der Waals surface area contributed by atoms with E-state index in [9.17, 15) is 0 Å². The van der Waals surface area contributed by atoms with Crippen molar-refractivity contribution in [2.75, 3.05) is 17.7 Å². The highest BCUT2D eigenvalue weighted by Crippen LogP contribution is 2.28. The largest absolute Gasteiger partial charge is 0.495 e. The van der Waals surface area contributed by atoms with E-state index in [1.165, 1.54) is 0 Å². The second-order valence-electron chi connectivity index (χ2n) is 5.42. The summed E-state index contributed by atoms with van der Waals surface area (Å²) in [4.78, 5) is 4.44. The predicted molar refractivity (Wildman–Crippen MR) is 99.6 cm³/mol. The van der Waals surface area contributed by atoms with Crippen LogP contribution in [0.2, 0.25) is 5.02 Å². The zero-order valence-electron chi connectivity index (χ0n) is 13.9. The van der Waals surface area contributed by atoms with Crippen LogP contribution >= 0.6 is 11.6 Å². The van der Waals surface area contributed by atoms with Gasteiger partial charge >= 0.3 is 0 Å². The molecule has 0 spiro atoms. The molecule has 2 N–H and O–H groups in total. The number of benzene rings is 2. The maximum absolute atomic E-state index is 6.14. The molecule has 0 fully saturated rings. The average molecular weight is 356 g/mol. The van der Waals surface area contributed by atoms with Gasteiger partial charge in [-0.05, 0) is 30.7 Å². The van der Waals surface area contributed by atoms with Gasteiger partial charge in [0.1, 0.15) is 5.75 Å². The lowest BCUT2D eigenvalue weighted by Gasteiger charge is -2.14. The van der Waals surface area contributed by atoms with E-state index in [0.717, 1.165) is 11.3 Å². The van der Waals surface area contributed by atoms with E-state index in [0.29, 0.717) is 22.5 Å². The highest BCUT2D eigenvalue weighted by atomic mass is 35.5. The third-order valence-corrected chi connectivity index (χ3v) is 3.92. The summed E-state index contributed by atoms with van der Waals surface area (Å²) in [7, 11) is 1.58.